The van der Waals surface area contributed by atoms with Crippen LogP contribution in [0.15, 0.2) is 54.6 Å². The Morgan fingerprint density at radius 2 is 1.66 bits per heavy atom. The molecule has 0 spiro atoms. The molecule has 38 heavy (non-hydrogen) atoms. The number of aryl methyl sites for hydroxylation is 1. The Morgan fingerprint density at radius 1 is 0.974 bits per heavy atom. The maximum atomic E-state index is 13.8. The first-order valence-electron chi connectivity index (χ1n) is 12.6. The summed E-state index contributed by atoms with van der Waals surface area (Å²) in [5.41, 5.74) is 8.95. The maximum absolute atomic E-state index is 13.8. The largest absolute Gasteiger partial charge is 0.489 e. The molecule has 9 heteroatoms. The second-order valence-corrected chi connectivity index (χ2v) is 10.7. The van der Waals surface area contributed by atoms with Crippen LogP contribution in [0.1, 0.15) is 36.0 Å². The molecule has 1 saturated carbocycles. The third-order valence-electron chi connectivity index (χ3n) is 6.64. The molecule has 1 amide bonds. The number of halogens is 5. The summed E-state index contributed by atoms with van der Waals surface area (Å²) < 4.78 is 32.7. The van der Waals surface area contributed by atoms with E-state index in [1.807, 2.05) is 41.3 Å². The van der Waals surface area contributed by atoms with Gasteiger partial charge in [0.25, 0.3) is 0 Å². The molecule has 0 bridgehead atoms. The molecule has 1 unspecified atom stereocenters. The van der Waals surface area contributed by atoms with E-state index in [9.17, 15) is 13.6 Å². The average molecular weight is 582 g/mol. The second-order valence-electron chi connectivity index (χ2n) is 9.49. The molecule has 3 aromatic carbocycles. The first kappa shape index (κ1) is 28.6. The number of amides is 1. The highest BCUT2D eigenvalue weighted by Gasteiger charge is 2.35. The summed E-state index contributed by atoms with van der Waals surface area (Å²) in [6.45, 7) is 0.841. The van der Waals surface area contributed by atoms with Gasteiger partial charge in [-0.3, -0.25) is 4.79 Å². The number of carbonyl (C=O) groups is 1. The summed E-state index contributed by atoms with van der Waals surface area (Å²) >= 11 is 18.3. The molecule has 0 heterocycles. The van der Waals surface area contributed by atoms with Crippen LogP contribution in [0.4, 0.5) is 8.78 Å². The highest BCUT2D eigenvalue weighted by molar-refractivity contribution is 6.42. The third-order valence-corrected chi connectivity index (χ3v) is 7.85. The minimum atomic E-state index is -0.721. The molecule has 2 N–H and O–H groups in total. The zero-order chi connectivity index (χ0) is 27.2. The number of nitrogens with zero attached hydrogens (tertiary/aromatic N) is 1. The van der Waals surface area contributed by atoms with Gasteiger partial charge in [0, 0.05) is 19.1 Å². The first-order chi connectivity index (χ1) is 18.3. The van der Waals surface area contributed by atoms with Crippen LogP contribution in [0, 0.1) is 17.6 Å². The Hall–Kier alpha value is -2.38. The lowest BCUT2D eigenvalue weighted by Gasteiger charge is -2.27. The Kier molecular flexibility index (Phi) is 9.88. The van der Waals surface area contributed by atoms with E-state index in [1.165, 1.54) is 0 Å². The van der Waals surface area contributed by atoms with E-state index < -0.39 is 11.6 Å². The van der Waals surface area contributed by atoms with E-state index >= 15 is 0 Å². The van der Waals surface area contributed by atoms with Crippen LogP contribution >= 0.6 is 34.8 Å². The van der Waals surface area contributed by atoms with Gasteiger partial charge in [-0.25, -0.2) is 8.78 Å². The number of nitrogens with two attached hydrogens (primary N) is 1. The maximum Gasteiger partial charge on any atom is 0.227 e. The van der Waals surface area contributed by atoms with Crippen LogP contribution in [0.25, 0.3) is 0 Å². The van der Waals surface area contributed by atoms with E-state index in [0.717, 1.165) is 41.7 Å². The molecular formula is C29H29Cl3F2N2O2. The summed E-state index contributed by atoms with van der Waals surface area (Å²) in [7, 11) is 0. The van der Waals surface area contributed by atoms with Crippen molar-refractivity contribution >= 4 is 40.7 Å². The van der Waals surface area contributed by atoms with Crippen molar-refractivity contribution in [2.45, 2.75) is 44.7 Å². The van der Waals surface area contributed by atoms with Gasteiger partial charge in [0.15, 0.2) is 11.6 Å². The molecule has 202 valence electrons. The van der Waals surface area contributed by atoms with Gasteiger partial charge in [0.1, 0.15) is 10.8 Å². The van der Waals surface area contributed by atoms with Crippen LogP contribution in [-0.4, -0.2) is 30.0 Å². The van der Waals surface area contributed by atoms with E-state index in [0.29, 0.717) is 35.9 Å². The topological polar surface area (TPSA) is 55.6 Å². The zero-order valence-electron chi connectivity index (χ0n) is 20.7. The fourth-order valence-electron chi connectivity index (χ4n) is 4.35. The molecule has 4 nitrogen and oxygen atoms in total. The molecule has 0 aliphatic heterocycles. The SMILES string of the molecule is NCC(Cc1ccc(CCCOc2c(F)ccc(F)c2Cl)cc1)C(=O)N(Cc1cccc(Cl)c1Cl)C1CC1. The van der Waals surface area contributed by atoms with Crippen molar-refractivity contribution in [3.05, 3.63) is 98.0 Å². The molecule has 4 rings (SSSR count). The van der Waals surface area contributed by atoms with Crippen molar-refractivity contribution in [1.82, 2.24) is 4.90 Å². The lowest BCUT2D eigenvalue weighted by atomic mass is 9.96. The standard InChI is InChI=1S/C29H29Cl3F2N2O2/c30-23-5-1-4-20(26(23)31)17-36(22-10-11-22)29(37)21(16-35)15-19-8-6-18(7-9-19)3-2-14-38-28-25(34)13-12-24(33)27(28)32/h1,4-9,12-13,21-22H,2-3,10-11,14-17,35H2. The van der Waals surface area contributed by atoms with Crippen LogP contribution in [0.3, 0.4) is 0 Å². The number of carbonyl (C=O) groups excluding carboxylic acids is 1. The van der Waals surface area contributed by atoms with Crippen molar-refractivity contribution < 1.29 is 18.3 Å². The van der Waals surface area contributed by atoms with Gasteiger partial charge in [-0.1, -0.05) is 71.2 Å². The van der Waals surface area contributed by atoms with Gasteiger partial charge in [-0.2, -0.15) is 0 Å². The summed E-state index contributed by atoms with van der Waals surface area (Å²) in [4.78, 5) is 15.4. The molecule has 1 atom stereocenters. The number of hydrogen-bond donors (Lipinski definition) is 1. The van der Waals surface area contributed by atoms with Crippen LogP contribution in [0.5, 0.6) is 5.75 Å². The van der Waals surface area contributed by atoms with E-state index in [2.05, 4.69) is 0 Å². The highest BCUT2D eigenvalue weighted by Crippen LogP contribution is 2.34. The molecule has 0 saturated heterocycles. The van der Waals surface area contributed by atoms with Crippen LogP contribution in [-0.2, 0) is 24.2 Å². The summed E-state index contributed by atoms with van der Waals surface area (Å²) in [6.07, 6.45) is 3.75. The number of ether oxygens (including phenoxy) is 1. The Balaban J connectivity index is 1.32. The van der Waals surface area contributed by atoms with Gasteiger partial charge in [0.05, 0.1) is 22.6 Å². The molecule has 1 aliphatic rings. The van der Waals surface area contributed by atoms with Gasteiger partial charge < -0.3 is 15.4 Å². The minimum absolute atomic E-state index is 0.0236. The third kappa shape index (κ3) is 7.17. The van der Waals surface area contributed by atoms with Gasteiger partial charge in [-0.05, 0) is 67.0 Å². The van der Waals surface area contributed by atoms with Crippen molar-refractivity contribution in [2.24, 2.45) is 11.7 Å². The quantitative estimate of drug-likeness (QED) is 0.181. The Bertz CT molecular complexity index is 1270. The Labute approximate surface area is 236 Å². The molecule has 1 fully saturated rings. The van der Waals surface area contributed by atoms with Gasteiger partial charge >= 0.3 is 0 Å². The van der Waals surface area contributed by atoms with Crippen molar-refractivity contribution in [1.29, 1.82) is 0 Å². The minimum Gasteiger partial charge on any atom is -0.489 e. The molecule has 0 aromatic heterocycles. The number of benzene rings is 3. The lowest BCUT2D eigenvalue weighted by Crippen LogP contribution is -2.41. The predicted molar refractivity (Wildman–Crippen MR) is 148 cm³/mol. The molecule has 0 radical (unpaired) electrons. The van der Waals surface area contributed by atoms with Crippen molar-refractivity contribution in [3.8, 4) is 5.75 Å². The van der Waals surface area contributed by atoms with Gasteiger partial charge in [-0.15, -0.1) is 0 Å². The fourth-order valence-corrected chi connectivity index (χ4v) is 4.94. The summed E-state index contributed by atoms with van der Waals surface area (Å²) in [5, 5.41) is 0.593. The van der Waals surface area contributed by atoms with Crippen molar-refractivity contribution in [3.63, 3.8) is 0 Å². The van der Waals surface area contributed by atoms with E-state index in [-0.39, 0.29) is 41.8 Å². The summed E-state index contributed by atoms with van der Waals surface area (Å²) in [6, 6.07) is 15.6. The molecule has 3 aromatic rings. The summed E-state index contributed by atoms with van der Waals surface area (Å²) in [5.74, 6) is -2.01. The highest BCUT2D eigenvalue weighted by atomic mass is 35.5. The van der Waals surface area contributed by atoms with E-state index in [1.54, 1.807) is 6.07 Å². The zero-order valence-corrected chi connectivity index (χ0v) is 23.0. The molecule has 1 aliphatic carbocycles. The molecular weight excluding hydrogens is 553 g/mol. The Morgan fingerprint density at radius 3 is 2.34 bits per heavy atom. The van der Waals surface area contributed by atoms with Gasteiger partial charge in [0.2, 0.25) is 5.91 Å². The normalized spacial score (nSPS) is 13.8. The smallest absolute Gasteiger partial charge is 0.227 e. The first-order valence-corrected chi connectivity index (χ1v) is 13.7. The van der Waals surface area contributed by atoms with Crippen molar-refractivity contribution in [2.75, 3.05) is 13.2 Å². The number of rotatable bonds is 12. The average Bonchev–Trinajstić information content (AvgIpc) is 3.76. The predicted octanol–water partition coefficient (Wildman–Crippen LogP) is 7.25. The number of hydrogen-bond acceptors (Lipinski definition) is 3. The van der Waals surface area contributed by atoms with Crippen LogP contribution < -0.4 is 10.5 Å². The monoisotopic (exact) mass is 580 g/mol. The second kappa shape index (κ2) is 13.1. The lowest BCUT2D eigenvalue weighted by molar-refractivity contribution is -0.136. The van der Waals surface area contributed by atoms with Crippen LogP contribution in [0.2, 0.25) is 15.1 Å². The fraction of sp³-hybridized carbons (Fsp3) is 0.345. The van der Waals surface area contributed by atoms with E-state index in [4.69, 9.17) is 45.3 Å².